The number of para-hydroxylation sites is 1. The molecular weight excluding hydrogens is 454 g/mol. The van der Waals surface area contributed by atoms with E-state index in [2.05, 4.69) is 10.3 Å². The Labute approximate surface area is 208 Å². The van der Waals surface area contributed by atoms with E-state index in [1.807, 2.05) is 44.3 Å². The first-order valence-electron chi connectivity index (χ1n) is 11.9. The monoisotopic (exact) mass is 483 g/mol. The van der Waals surface area contributed by atoms with Gasteiger partial charge in [-0.3, -0.25) is 9.59 Å². The molecule has 1 aliphatic rings. The second-order valence-electron chi connectivity index (χ2n) is 9.44. The van der Waals surface area contributed by atoms with E-state index in [1.54, 1.807) is 26.5 Å². The lowest BCUT2D eigenvalue weighted by Crippen LogP contribution is -2.18. The number of aromatic amines is 1. The number of benzene rings is 1. The molecule has 1 saturated carbocycles. The minimum atomic E-state index is -0.194. The molecule has 4 aromatic rings. The number of nitrogens with zero attached hydrogens (tertiary/aromatic N) is 2. The van der Waals surface area contributed by atoms with Crippen molar-refractivity contribution < 1.29 is 4.74 Å². The van der Waals surface area contributed by atoms with Gasteiger partial charge in [0.2, 0.25) is 0 Å². The Morgan fingerprint density at radius 3 is 2.47 bits per heavy atom. The fourth-order valence-corrected chi connectivity index (χ4v) is 4.33. The zero-order valence-corrected chi connectivity index (χ0v) is 20.8. The fraction of sp³-hybridized carbons (Fsp3) is 0.250. The van der Waals surface area contributed by atoms with E-state index in [1.165, 1.54) is 21.4 Å². The lowest BCUT2D eigenvalue weighted by atomic mass is 10.0. The van der Waals surface area contributed by atoms with Gasteiger partial charge in [0, 0.05) is 72.6 Å². The van der Waals surface area contributed by atoms with Gasteiger partial charge in [-0.2, -0.15) is 0 Å². The van der Waals surface area contributed by atoms with Crippen LogP contribution in [-0.4, -0.2) is 26.4 Å². The van der Waals surface area contributed by atoms with E-state index in [0.717, 1.165) is 29.7 Å². The van der Waals surface area contributed by atoms with E-state index < -0.39 is 0 Å². The summed E-state index contributed by atoms with van der Waals surface area (Å²) in [5.74, 6) is 1.24. The van der Waals surface area contributed by atoms with Gasteiger partial charge in [-0.05, 0) is 43.9 Å². The van der Waals surface area contributed by atoms with Crippen LogP contribution >= 0.6 is 0 Å². The Balaban J connectivity index is 1.72. The van der Waals surface area contributed by atoms with Crippen LogP contribution in [0.5, 0.6) is 11.5 Å². The van der Waals surface area contributed by atoms with Crippen LogP contribution in [-0.2, 0) is 14.1 Å². The maximum Gasteiger partial charge on any atom is 0.274 e. The second-order valence-corrected chi connectivity index (χ2v) is 9.44. The number of ether oxygens (including phenoxy) is 1. The van der Waals surface area contributed by atoms with Gasteiger partial charge in [-0.25, -0.2) is 0 Å². The zero-order valence-electron chi connectivity index (χ0n) is 20.8. The molecule has 184 valence electrons. The van der Waals surface area contributed by atoms with Crippen LogP contribution in [0.15, 0.2) is 58.5 Å². The van der Waals surface area contributed by atoms with Gasteiger partial charge in [0.05, 0.1) is 6.20 Å². The molecule has 0 unspecified atom stereocenters. The van der Waals surface area contributed by atoms with Crippen molar-refractivity contribution in [2.75, 3.05) is 0 Å². The third kappa shape index (κ3) is 4.26. The van der Waals surface area contributed by atoms with E-state index >= 15 is 0 Å². The highest BCUT2D eigenvalue weighted by Gasteiger charge is 2.21. The molecule has 0 amide bonds. The number of aromatic nitrogens is 3. The zero-order chi connectivity index (χ0) is 25.6. The van der Waals surface area contributed by atoms with Crippen LogP contribution in [0.25, 0.3) is 27.6 Å². The van der Waals surface area contributed by atoms with Crippen LogP contribution in [0.2, 0.25) is 0 Å². The van der Waals surface area contributed by atoms with Crippen LogP contribution in [0.3, 0.4) is 0 Å². The predicted octanol–water partition coefficient (Wildman–Crippen LogP) is 4.38. The van der Waals surface area contributed by atoms with Crippen LogP contribution in [0, 0.1) is 19.3 Å². The van der Waals surface area contributed by atoms with E-state index in [4.69, 9.17) is 10.1 Å². The molecule has 1 fully saturated rings. The molecule has 0 saturated heterocycles. The summed E-state index contributed by atoms with van der Waals surface area (Å²) >= 11 is 0. The fourth-order valence-electron chi connectivity index (χ4n) is 4.33. The van der Waals surface area contributed by atoms with Gasteiger partial charge in [0.15, 0.2) is 5.75 Å². The Hall–Kier alpha value is -4.33. The van der Waals surface area contributed by atoms with Crippen LogP contribution in [0.4, 0.5) is 0 Å². The Kier molecular flexibility index (Phi) is 5.88. The molecule has 5 rings (SSSR count). The number of H-pyrrole nitrogens is 1. The molecule has 3 aromatic heterocycles. The molecule has 8 heteroatoms. The van der Waals surface area contributed by atoms with Gasteiger partial charge in [-0.15, -0.1) is 0 Å². The molecule has 0 bridgehead atoms. The number of hydrogen-bond acceptors (Lipinski definition) is 5. The van der Waals surface area contributed by atoms with E-state index in [-0.39, 0.29) is 11.1 Å². The Morgan fingerprint density at radius 1 is 1.08 bits per heavy atom. The number of fused-ring (bicyclic) bond motifs is 1. The van der Waals surface area contributed by atoms with Crippen molar-refractivity contribution >= 4 is 22.7 Å². The molecular formula is C28H29N5O3. The summed E-state index contributed by atoms with van der Waals surface area (Å²) in [6.45, 7) is 3.96. The van der Waals surface area contributed by atoms with E-state index in [9.17, 15) is 9.59 Å². The summed E-state index contributed by atoms with van der Waals surface area (Å²) in [5.41, 5.74) is 4.55. The lowest BCUT2D eigenvalue weighted by molar-refractivity contribution is 0.470. The topological polar surface area (TPSA) is 105 Å². The Morgan fingerprint density at radius 2 is 1.81 bits per heavy atom. The molecule has 36 heavy (non-hydrogen) atoms. The quantitative estimate of drug-likeness (QED) is 0.339. The number of allylic oxidation sites excluding steroid dienone is 1. The summed E-state index contributed by atoms with van der Waals surface area (Å²) in [5, 5.41) is 11.9. The van der Waals surface area contributed by atoms with Gasteiger partial charge in [0.25, 0.3) is 11.1 Å². The number of hydrogen-bond donors (Lipinski definition) is 3. The molecule has 8 nitrogen and oxygen atoms in total. The second kappa shape index (κ2) is 9.03. The van der Waals surface area contributed by atoms with Crippen molar-refractivity contribution in [2.45, 2.75) is 32.7 Å². The van der Waals surface area contributed by atoms with Gasteiger partial charge in [0.1, 0.15) is 11.3 Å². The van der Waals surface area contributed by atoms with E-state index in [0.29, 0.717) is 45.1 Å². The first-order chi connectivity index (χ1) is 17.3. The molecule has 3 N–H and O–H groups in total. The minimum Gasteiger partial charge on any atom is -0.455 e. The van der Waals surface area contributed by atoms with Crippen molar-refractivity contribution in [3.8, 4) is 22.6 Å². The van der Waals surface area contributed by atoms with Gasteiger partial charge in [-0.1, -0.05) is 18.2 Å². The number of nitrogens with one attached hydrogen (secondary N) is 3. The first kappa shape index (κ1) is 23.4. The highest BCUT2D eigenvalue weighted by molar-refractivity contribution is 6.10. The van der Waals surface area contributed by atoms with Gasteiger partial charge >= 0.3 is 0 Å². The van der Waals surface area contributed by atoms with Crippen molar-refractivity contribution in [1.29, 1.82) is 5.41 Å². The van der Waals surface area contributed by atoms with Crippen molar-refractivity contribution in [3.05, 3.63) is 86.5 Å². The maximum absolute atomic E-state index is 13.0. The largest absolute Gasteiger partial charge is 0.455 e. The maximum atomic E-state index is 13.0. The van der Waals surface area contributed by atoms with Crippen molar-refractivity contribution in [3.63, 3.8) is 0 Å². The summed E-state index contributed by atoms with van der Waals surface area (Å²) in [7, 11) is 3.36. The highest BCUT2D eigenvalue weighted by atomic mass is 16.5. The van der Waals surface area contributed by atoms with Crippen LogP contribution < -0.4 is 21.2 Å². The standard InChI is InChI=1S/C28H29N5O3/c1-16-6-5-7-17(2)27(16)36-24-15-32(3)25(34)11-20(24)22-14-33(4)28(35)26-21(22)10-23(31-26)18(12-29)13-30-19-8-9-19/h5-7,10-15,19,29-31H,8-9H2,1-4H3/b18-13+,29-12?. The first-order valence-corrected chi connectivity index (χ1v) is 11.9. The van der Waals surface area contributed by atoms with Crippen molar-refractivity contribution in [2.24, 2.45) is 14.1 Å². The smallest absolute Gasteiger partial charge is 0.274 e. The molecule has 1 aromatic carbocycles. The highest BCUT2D eigenvalue weighted by Crippen LogP contribution is 2.38. The molecule has 0 aliphatic heterocycles. The summed E-state index contributed by atoms with van der Waals surface area (Å²) < 4.78 is 9.39. The van der Waals surface area contributed by atoms with Crippen molar-refractivity contribution in [1.82, 2.24) is 19.4 Å². The molecule has 0 atom stereocenters. The molecule has 1 aliphatic carbocycles. The molecule has 0 spiro atoms. The molecule has 3 heterocycles. The third-order valence-electron chi connectivity index (χ3n) is 6.59. The Bertz CT molecular complexity index is 1630. The third-order valence-corrected chi connectivity index (χ3v) is 6.59. The summed E-state index contributed by atoms with van der Waals surface area (Å²) in [6.07, 6.45) is 8.71. The summed E-state index contributed by atoms with van der Waals surface area (Å²) in [6, 6.07) is 9.78. The number of aryl methyl sites for hydroxylation is 4. The SMILES string of the molecule is Cc1cccc(C)c1Oc1cn(C)c(=O)cc1-c1cn(C)c(=O)c2[nH]c(/C(C=N)=C/NC3CC3)cc12. The molecule has 0 radical (unpaired) electrons. The minimum absolute atomic E-state index is 0.190. The average molecular weight is 484 g/mol. The predicted molar refractivity (Wildman–Crippen MR) is 143 cm³/mol. The number of rotatable bonds is 7. The lowest BCUT2D eigenvalue weighted by Gasteiger charge is -2.17. The summed E-state index contributed by atoms with van der Waals surface area (Å²) in [4.78, 5) is 29.0. The van der Waals surface area contributed by atoms with Gasteiger partial charge < -0.3 is 29.6 Å². The average Bonchev–Trinajstić information content (AvgIpc) is 3.57. The van der Waals surface area contributed by atoms with Crippen LogP contribution in [0.1, 0.15) is 29.7 Å². The number of pyridine rings is 2. The normalized spacial score (nSPS) is 13.7.